The lowest BCUT2D eigenvalue weighted by molar-refractivity contribution is -0.126. The molecule has 0 radical (unpaired) electrons. The van der Waals surface area contributed by atoms with E-state index in [0.717, 1.165) is 12.0 Å². The van der Waals surface area contributed by atoms with Gasteiger partial charge in [0.25, 0.3) is 5.91 Å². The smallest absolute Gasteiger partial charge is 0.251 e. The molecule has 3 amide bonds. The van der Waals surface area contributed by atoms with Gasteiger partial charge < -0.3 is 16.0 Å². The number of hydrogen-bond donors (Lipinski definition) is 3. The molecule has 2 rings (SSSR count). The average Bonchev–Trinajstić information content (AvgIpc) is 2.71. The maximum Gasteiger partial charge on any atom is 0.251 e. The van der Waals surface area contributed by atoms with Crippen molar-refractivity contribution < 1.29 is 14.4 Å². The van der Waals surface area contributed by atoms with Crippen molar-refractivity contribution in [3.8, 4) is 0 Å². The quantitative estimate of drug-likeness (QED) is 0.635. The first-order valence-electron chi connectivity index (χ1n) is 9.04. The number of amides is 3. The largest absolute Gasteiger partial charge is 0.355 e. The summed E-state index contributed by atoms with van der Waals surface area (Å²) < 4.78 is 0. The first kappa shape index (κ1) is 20.2. The molecule has 1 unspecified atom stereocenters. The summed E-state index contributed by atoms with van der Waals surface area (Å²) in [5, 5.41) is 8.21. The first-order chi connectivity index (χ1) is 13.1. The number of nitrogens with one attached hydrogen (secondary N) is 3. The van der Waals surface area contributed by atoms with Gasteiger partial charge in [-0.15, -0.1) is 0 Å². The predicted molar refractivity (Wildman–Crippen MR) is 104 cm³/mol. The van der Waals surface area contributed by atoms with Crippen LogP contribution < -0.4 is 16.0 Å². The Morgan fingerprint density at radius 3 is 2.11 bits per heavy atom. The van der Waals surface area contributed by atoms with E-state index < -0.39 is 6.04 Å². The fourth-order valence-corrected chi connectivity index (χ4v) is 2.53. The molecule has 6 heteroatoms. The maximum absolute atomic E-state index is 12.5. The van der Waals surface area contributed by atoms with Gasteiger partial charge in [0.15, 0.2) is 0 Å². The van der Waals surface area contributed by atoms with Crippen LogP contribution >= 0.6 is 0 Å². The van der Waals surface area contributed by atoms with Gasteiger partial charge in [0.1, 0.15) is 0 Å². The van der Waals surface area contributed by atoms with Gasteiger partial charge in [-0.2, -0.15) is 0 Å². The van der Waals surface area contributed by atoms with Crippen molar-refractivity contribution in [3.63, 3.8) is 0 Å². The second-order valence-corrected chi connectivity index (χ2v) is 6.13. The molecule has 27 heavy (non-hydrogen) atoms. The molecule has 0 fully saturated rings. The van der Waals surface area contributed by atoms with Crippen LogP contribution in [0.15, 0.2) is 60.7 Å². The Kier molecular flexibility index (Phi) is 8.03. The van der Waals surface area contributed by atoms with Crippen LogP contribution in [0.1, 0.15) is 41.7 Å². The van der Waals surface area contributed by atoms with E-state index in [0.29, 0.717) is 12.1 Å². The van der Waals surface area contributed by atoms with Crippen molar-refractivity contribution in [1.82, 2.24) is 16.0 Å². The molecule has 0 saturated carbocycles. The van der Waals surface area contributed by atoms with Crippen LogP contribution in [-0.4, -0.2) is 30.8 Å². The Hall–Kier alpha value is -3.15. The van der Waals surface area contributed by atoms with Crippen molar-refractivity contribution >= 4 is 17.7 Å². The zero-order chi connectivity index (χ0) is 19.5. The molecule has 0 aliphatic rings. The summed E-state index contributed by atoms with van der Waals surface area (Å²) in [6, 6.07) is 17.7. The maximum atomic E-state index is 12.5. The van der Waals surface area contributed by atoms with E-state index in [1.807, 2.05) is 43.3 Å². The zero-order valence-electron chi connectivity index (χ0n) is 15.4. The Bertz CT molecular complexity index is 748. The summed E-state index contributed by atoms with van der Waals surface area (Å²) in [5.41, 5.74) is 1.35. The van der Waals surface area contributed by atoms with Crippen molar-refractivity contribution in [3.05, 3.63) is 71.8 Å². The number of rotatable bonds is 9. The molecule has 142 valence electrons. The topological polar surface area (TPSA) is 87.3 Å². The molecule has 0 bridgehead atoms. The number of hydrogen-bond acceptors (Lipinski definition) is 3. The number of carbonyl (C=O) groups excluding carboxylic acids is 3. The normalized spacial score (nSPS) is 11.3. The van der Waals surface area contributed by atoms with Crippen molar-refractivity contribution in [2.75, 3.05) is 13.1 Å². The van der Waals surface area contributed by atoms with Crippen LogP contribution in [-0.2, 0) is 9.59 Å². The van der Waals surface area contributed by atoms with E-state index in [-0.39, 0.29) is 30.7 Å². The van der Waals surface area contributed by atoms with E-state index in [1.165, 1.54) is 0 Å². The van der Waals surface area contributed by atoms with E-state index in [1.54, 1.807) is 24.3 Å². The Labute approximate surface area is 159 Å². The molecule has 0 aliphatic carbocycles. The monoisotopic (exact) mass is 367 g/mol. The second kappa shape index (κ2) is 10.8. The lowest BCUT2D eigenvalue weighted by Gasteiger charge is -2.19. The van der Waals surface area contributed by atoms with Gasteiger partial charge in [-0.05, 0) is 24.1 Å². The summed E-state index contributed by atoms with van der Waals surface area (Å²) in [4.78, 5) is 36.4. The fourth-order valence-electron chi connectivity index (χ4n) is 2.53. The van der Waals surface area contributed by atoms with Crippen LogP contribution in [0.25, 0.3) is 0 Å². The van der Waals surface area contributed by atoms with E-state index in [4.69, 9.17) is 0 Å². The third kappa shape index (κ3) is 6.93. The summed E-state index contributed by atoms with van der Waals surface area (Å²) in [5.74, 6) is -0.781. The third-order valence-electron chi connectivity index (χ3n) is 3.95. The SMILES string of the molecule is CCCNC(=O)CNC(=O)CC(NC(=O)c1ccccc1)c1ccccc1. The molecular formula is C21H25N3O3. The highest BCUT2D eigenvalue weighted by Crippen LogP contribution is 2.17. The zero-order valence-corrected chi connectivity index (χ0v) is 15.4. The Morgan fingerprint density at radius 1 is 0.852 bits per heavy atom. The van der Waals surface area contributed by atoms with Gasteiger partial charge in [-0.25, -0.2) is 0 Å². The van der Waals surface area contributed by atoms with E-state index in [2.05, 4.69) is 16.0 Å². The molecular weight excluding hydrogens is 342 g/mol. The first-order valence-corrected chi connectivity index (χ1v) is 9.04. The minimum atomic E-state index is -0.488. The van der Waals surface area contributed by atoms with Crippen molar-refractivity contribution in [2.45, 2.75) is 25.8 Å². The predicted octanol–water partition coefficient (Wildman–Crippen LogP) is 2.19. The van der Waals surface area contributed by atoms with Gasteiger partial charge in [0.2, 0.25) is 11.8 Å². The highest BCUT2D eigenvalue weighted by molar-refractivity contribution is 5.94. The average molecular weight is 367 g/mol. The van der Waals surface area contributed by atoms with Gasteiger partial charge in [-0.3, -0.25) is 14.4 Å². The van der Waals surface area contributed by atoms with E-state index >= 15 is 0 Å². The van der Waals surface area contributed by atoms with Crippen LogP contribution in [0.4, 0.5) is 0 Å². The third-order valence-corrected chi connectivity index (χ3v) is 3.95. The van der Waals surface area contributed by atoms with Gasteiger partial charge >= 0.3 is 0 Å². The molecule has 0 aromatic heterocycles. The lowest BCUT2D eigenvalue weighted by Crippen LogP contribution is -2.39. The van der Waals surface area contributed by atoms with E-state index in [9.17, 15) is 14.4 Å². The number of carbonyl (C=O) groups is 3. The minimum Gasteiger partial charge on any atom is -0.355 e. The number of benzene rings is 2. The van der Waals surface area contributed by atoms with Crippen LogP contribution in [0.3, 0.4) is 0 Å². The van der Waals surface area contributed by atoms with Gasteiger partial charge in [0.05, 0.1) is 19.0 Å². The summed E-state index contributed by atoms with van der Waals surface area (Å²) >= 11 is 0. The summed E-state index contributed by atoms with van der Waals surface area (Å²) in [6.45, 7) is 2.46. The van der Waals surface area contributed by atoms with Crippen LogP contribution in [0.5, 0.6) is 0 Å². The van der Waals surface area contributed by atoms with Crippen LogP contribution in [0.2, 0.25) is 0 Å². The second-order valence-electron chi connectivity index (χ2n) is 6.13. The fraction of sp³-hybridized carbons (Fsp3) is 0.286. The van der Waals surface area contributed by atoms with Crippen LogP contribution in [0, 0.1) is 0 Å². The molecule has 3 N–H and O–H groups in total. The molecule has 6 nitrogen and oxygen atoms in total. The summed E-state index contributed by atoms with van der Waals surface area (Å²) in [6.07, 6.45) is 0.880. The van der Waals surface area contributed by atoms with Crippen molar-refractivity contribution in [2.24, 2.45) is 0 Å². The molecule has 0 heterocycles. The molecule has 0 saturated heterocycles. The van der Waals surface area contributed by atoms with Gasteiger partial charge in [-0.1, -0.05) is 55.5 Å². The molecule has 1 atom stereocenters. The van der Waals surface area contributed by atoms with Gasteiger partial charge in [0, 0.05) is 12.1 Å². The molecule has 0 aliphatic heterocycles. The lowest BCUT2D eigenvalue weighted by atomic mass is 10.0. The highest BCUT2D eigenvalue weighted by Gasteiger charge is 2.19. The van der Waals surface area contributed by atoms with Crippen molar-refractivity contribution in [1.29, 1.82) is 0 Å². The summed E-state index contributed by atoms with van der Waals surface area (Å²) in [7, 11) is 0. The Balaban J connectivity index is 2.00. The standard InChI is InChI=1S/C21H25N3O3/c1-2-13-22-20(26)15-23-19(25)14-18(16-9-5-3-6-10-16)24-21(27)17-11-7-4-8-12-17/h3-12,18H,2,13-15H2,1H3,(H,22,26)(H,23,25)(H,24,27). The molecule has 0 spiro atoms. The molecule has 2 aromatic carbocycles. The highest BCUT2D eigenvalue weighted by atomic mass is 16.2. The minimum absolute atomic E-state index is 0.0453. The molecule has 2 aromatic rings. The Morgan fingerprint density at radius 2 is 1.48 bits per heavy atom.